The predicted octanol–water partition coefficient (Wildman–Crippen LogP) is 5.11. The second-order valence-corrected chi connectivity index (χ2v) is 7.59. The van der Waals surface area contributed by atoms with E-state index < -0.39 is 0 Å². The number of nitrogens with zero attached hydrogens (tertiary/aromatic N) is 1. The van der Waals surface area contributed by atoms with Crippen molar-refractivity contribution in [2.24, 2.45) is 5.10 Å². The highest BCUT2D eigenvalue weighted by Crippen LogP contribution is 2.32. The molecular formula is C19H18N2OS2. The van der Waals surface area contributed by atoms with Crippen molar-refractivity contribution in [2.75, 3.05) is 0 Å². The SMILES string of the molecule is CCc1ccc(/C=N\NC(=O)c2csc(C)c2-c2ccccc2)s1. The molecule has 0 spiro atoms. The summed E-state index contributed by atoms with van der Waals surface area (Å²) in [6.45, 7) is 4.16. The van der Waals surface area contributed by atoms with E-state index >= 15 is 0 Å². The second kappa shape index (κ2) is 7.55. The Balaban J connectivity index is 1.76. The van der Waals surface area contributed by atoms with Crippen LogP contribution < -0.4 is 5.43 Å². The Morgan fingerprint density at radius 2 is 2.00 bits per heavy atom. The van der Waals surface area contributed by atoms with Gasteiger partial charge in [-0.1, -0.05) is 37.3 Å². The Morgan fingerprint density at radius 1 is 1.21 bits per heavy atom. The largest absolute Gasteiger partial charge is 0.272 e. The highest BCUT2D eigenvalue weighted by atomic mass is 32.1. The highest BCUT2D eigenvalue weighted by Gasteiger charge is 2.16. The van der Waals surface area contributed by atoms with Gasteiger partial charge in [-0.25, -0.2) is 5.43 Å². The lowest BCUT2D eigenvalue weighted by Gasteiger charge is -2.05. The Kier molecular flexibility index (Phi) is 5.23. The van der Waals surface area contributed by atoms with Gasteiger partial charge in [0.05, 0.1) is 11.8 Å². The molecule has 2 aromatic heterocycles. The van der Waals surface area contributed by atoms with Crippen molar-refractivity contribution in [3.05, 3.63) is 68.0 Å². The maximum Gasteiger partial charge on any atom is 0.272 e. The fraction of sp³-hybridized carbons (Fsp3) is 0.158. The molecule has 0 atom stereocenters. The summed E-state index contributed by atoms with van der Waals surface area (Å²) in [5, 5.41) is 5.99. The summed E-state index contributed by atoms with van der Waals surface area (Å²) in [5.74, 6) is -0.179. The molecule has 0 aliphatic carbocycles. The van der Waals surface area contributed by atoms with Crippen LogP contribution in [0.1, 0.15) is 31.9 Å². The molecule has 2 heterocycles. The number of hydrogen-bond donors (Lipinski definition) is 1. The third kappa shape index (κ3) is 3.63. The van der Waals surface area contributed by atoms with Gasteiger partial charge in [0, 0.05) is 25.6 Å². The van der Waals surface area contributed by atoms with Gasteiger partial charge in [-0.05, 0) is 31.0 Å². The average Bonchev–Trinajstić information content (AvgIpc) is 3.22. The van der Waals surface area contributed by atoms with E-state index in [0.29, 0.717) is 5.56 Å². The number of hydrazone groups is 1. The van der Waals surface area contributed by atoms with E-state index in [2.05, 4.69) is 23.5 Å². The number of nitrogens with one attached hydrogen (secondary N) is 1. The molecule has 3 aromatic rings. The molecule has 1 amide bonds. The molecule has 24 heavy (non-hydrogen) atoms. The lowest BCUT2D eigenvalue weighted by atomic mass is 10.0. The highest BCUT2D eigenvalue weighted by molar-refractivity contribution is 7.13. The summed E-state index contributed by atoms with van der Waals surface area (Å²) in [6, 6.07) is 14.1. The summed E-state index contributed by atoms with van der Waals surface area (Å²) in [7, 11) is 0. The van der Waals surface area contributed by atoms with E-state index in [1.807, 2.05) is 48.7 Å². The van der Waals surface area contributed by atoms with Crippen LogP contribution in [0.4, 0.5) is 0 Å². The number of amides is 1. The summed E-state index contributed by atoms with van der Waals surface area (Å²) >= 11 is 3.27. The van der Waals surface area contributed by atoms with Crippen molar-refractivity contribution < 1.29 is 4.79 Å². The quantitative estimate of drug-likeness (QED) is 0.502. The third-order valence-corrected chi connectivity index (χ3v) is 5.75. The average molecular weight is 354 g/mol. The van der Waals surface area contributed by atoms with Gasteiger partial charge in [-0.2, -0.15) is 5.10 Å². The fourth-order valence-electron chi connectivity index (χ4n) is 2.45. The van der Waals surface area contributed by atoms with E-state index in [-0.39, 0.29) is 5.91 Å². The predicted molar refractivity (Wildman–Crippen MR) is 103 cm³/mol. The van der Waals surface area contributed by atoms with E-state index in [4.69, 9.17) is 0 Å². The molecular weight excluding hydrogens is 336 g/mol. The number of carbonyl (C=O) groups excluding carboxylic acids is 1. The molecule has 0 bridgehead atoms. The Labute approximate surface area is 149 Å². The van der Waals surface area contributed by atoms with E-state index in [0.717, 1.165) is 27.3 Å². The maximum absolute atomic E-state index is 12.5. The van der Waals surface area contributed by atoms with Crippen LogP contribution in [-0.2, 0) is 6.42 Å². The number of aryl methyl sites for hydroxylation is 2. The van der Waals surface area contributed by atoms with Crippen molar-refractivity contribution in [3.8, 4) is 11.1 Å². The minimum absolute atomic E-state index is 0.179. The minimum atomic E-state index is -0.179. The number of benzene rings is 1. The number of rotatable bonds is 5. The second-order valence-electron chi connectivity index (χ2n) is 5.30. The first kappa shape index (κ1) is 16.6. The van der Waals surface area contributed by atoms with Gasteiger partial charge in [-0.15, -0.1) is 22.7 Å². The standard InChI is InChI=1S/C19H18N2OS2/c1-3-15-9-10-16(24-15)11-20-21-19(22)17-12-23-13(2)18(17)14-7-5-4-6-8-14/h4-12H,3H2,1-2H3,(H,21,22)/b20-11-. The van der Waals surface area contributed by atoms with Gasteiger partial charge < -0.3 is 0 Å². The first-order valence-corrected chi connectivity index (χ1v) is 9.44. The molecule has 0 fully saturated rings. The van der Waals surface area contributed by atoms with Crippen LogP contribution in [0.15, 0.2) is 52.9 Å². The Morgan fingerprint density at radius 3 is 2.71 bits per heavy atom. The molecule has 122 valence electrons. The molecule has 1 N–H and O–H groups in total. The van der Waals surface area contributed by atoms with Crippen LogP contribution in [0, 0.1) is 6.92 Å². The zero-order valence-corrected chi connectivity index (χ0v) is 15.2. The lowest BCUT2D eigenvalue weighted by molar-refractivity contribution is 0.0956. The van der Waals surface area contributed by atoms with Gasteiger partial charge in [-0.3, -0.25) is 4.79 Å². The van der Waals surface area contributed by atoms with Gasteiger partial charge in [0.15, 0.2) is 0 Å². The van der Waals surface area contributed by atoms with Crippen molar-refractivity contribution in [1.29, 1.82) is 0 Å². The molecule has 3 nitrogen and oxygen atoms in total. The van der Waals surface area contributed by atoms with E-state index in [1.54, 1.807) is 28.9 Å². The smallest absolute Gasteiger partial charge is 0.267 e. The van der Waals surface area contributed by atoms with Crippen molar-refractivity contribution in [3.63, 3.8) is 0 Å². The first-order valence-electron chi connectivity index (χ1n) is 7.74. The molecule has 0 saturated carbocycles. The van der Waals surface area contributed by atoms with Crippen molar-refractivity contribution in [2.45, 2.75) is 20.3 Å². The van der Waals surface area contributed by atoms with Gasteiger partial charge in [0.25, 0.3) is 5.91 Å². The third-order valence-electron chi connectivity index (χ3n) is 3.67. The van der Waals surface area contributed by atoms with Crippen molar-refractivity contribution in [1.82, 2.24) is 5.43 Å². The van der Waals surface area contributed by atoms with E-state index in [9.17, 15) is 4.79 Å². The van der Waals surface area contributed by atoms with Crippen LogP contribution in [-0.4, -0.2) is 12.1 Å². The number of thiophene rings is 2. The molecule has 5 heteroatoms. The zero-order chi connectivity index (χ0) is 16.9. The van der Waals surface area contributed by atoms with Crippen LogP contribution in [0.5, 0.6) is 0 Å². The number of carbonyl (C=O) groups is 1. The summed E-state index contributed by atoms with van der Waals surface area (Å²) in [4.78, 5) is 16.0. The monoisotopic (exact) mass is 354 g/mol. The first-order chi connectivity index (χ1) is 11.7. The van der Waals surface area contributed by atoms with Crippen LogP contribution in [0.3, 0.4) is 0 Å². The van der Waals surface area contributed by atoms with Crippen LogP contribution >= 0.6 is 22.7 Å². The lowest BCUT2D eigenvalue weighted by Crippen LogP contribution is -2.17. The molecule has 1 aromatic carbocycles. The molecule has 0 saturated heterocycles. The summed E-state index contributed by atoms with van der Waals surface area (Å²) in [5.41, 5.74) is 5.35. The summed E-state index contributed by atoms with van der Waals surface area (Å²) in [6.07, 6.45) is 2.71. The molecule has 0 aliphatic rings. The molecule has 3 rings (SSSR count). The Bertz CT molecular complexity index is 863. The number of hydrogen-bond acceptors (Lipinski definition) is 4. The van der Waals surface area contributed by atoms with Crippen LogP contribution in [0.25, 0.3) is 11.1 Å². The Hall–Kier alpha value is -2.24. The molecule has 0 aliphatic heterocycles. The topological polar surface area (TPSA) is 41.5 Å². The fourth-order valence-corrected chi connectivity index (χ4v) is 4.14. The summed E-state index contributed by atoms with van der Waals surface area (Å²) < 4.78 is 0. The zero-order valence-electron chi connectivity index (χ0n) is 13.6. The van der Waals surface area contributed by atoms with Gasteiger partial charge in [0.1, 0.15) is 0 Å². The van der Waals surface area contributed by atoms with E-state index in [1.165, 1.54) is 4.88 Å². The molecule has 0 unspecified atom stereocenters. The van der Waals surface area contributed by atoms with Crippen molar-refractivity contribution >= 4 is 34.8 Å². The molecule has 0 radical (unpaired) electrons. The van der Waals surface area contributed by atoms with Crippen LogP contribution in [0.2, 0.25) is 0 Å². The normalized spacial score (nSPS) is 11.1. The van der Waals surface area contributed by atoms with Gasteiger partial charge >= 0.3 is 0 Å². The maximum atomic E-state index is 12.5. The van der Waals surface area contributed by atoms with Gasteiger partial charge in [0.2, 0.25) is 0 Å². The minimum Gasteiger partial charge on any atom is -0.267 e.